The van der Waals surface area contributed by atoms with Gasteiger partial charge in [-0.1, -0.05) is 6.07 Å². The van der Waals surface area contributed by atoms with E-state index in [2.05, 4.69) is 26.3 Å². The number of ether oxygens (including phenoxy) is 2. The minimum Gasteiger partial charge on any atom is -0.488 e. The number of aromatic nitrogens is 2. The highest BCUT2D eigenvalue weighted by Crippen LogP contribution is 2.39. The number of hydrogen-bond acceptors (Lipinski definition) is 7. The van der Waals surface area contributed by atoms with Gasteiger partial charge in [-0.25, -0.2) is 9.97 Å². The number of benzene rings is 1. The van der Waals surface area contributed by atoms with E-state index in [9.17, 15) is 4.79 Å². The molecule has 1 spiro atoms. The predicted octanol–water partition coefficient (Wildman–Crippen LogP) is 2.35. The Labute approximate surface area is 188 Å². The number of piperidine rings is 1. The van der Waals surface area contributed by atoms with Gasteiger partial charge in [0.05, 0.1) is 30.0 Å². The average Bonchev–Trinajstić information content (AvgIpc) is 3.38. The van der Waals surface area contributed by atoms with Crippen LogP contribution in [-0.2, 0) is 16.1 Å². The van der Waals surface area contributed by atoms with Crippen LogP contribution in [0.4, 0.5) is 5.82 Å². The molecule has 1 amide bonds. The smallest absolute Gasteiger partial charge is 0.226 e. The summed E-state index contributed by atoms with van der Waals surface area (Å²) in [6.45, 7) is 5.60. The summed E-state index contributed by atoms with van der Waals surface area (Å²) >= 11 is 0. The van der Waals surface area contributed by atoms with E-state index in [1.807, 2.05) is 25.1 Å². The maximum Gasteiger partial charge on any atom is 0.226 e. The molecule has 1 N–H and O–H groups in total. The average molecular weight is 436 g/mol. The van der Waals surface area contributed by atoms with Crippen LogP contribution in [0.2, 0.25) is 0 Å². The van der Waals surface area contributed by atoms with Crippen LogP contribution in [0.5, 0.6) is 5.75 Å². The minimum absolute atomic E-state index is 0.0326. The van der Waals surface area contributed by atoms with Gasteiger partial charge in [0.2, 0.25) is 5.91 Å². The number of amides is 1. The van der Waals surface area contributed by atoms with Crippen molar-refractivity contribution < 1.29 is 14.3 Å². The van der Waals surface area contributed by atoms with Gasteiger partial charge in [-0.15, -0.1) is 0 Å². The third-order valence-corrected chi connectivity index (χ3v) is 6.79. The van der Waals surface area contributed by atoms with Crippen LogP contribution >= 0.6 is 0 Å². The van der Waals surface area contributed by atoms with Crippen molar-refractivity contribution in [2.45, 2.75) is 38.8 Å². The number of nitrogens with zero attached hydrogens (tertiary/aromatic N) is 4. The van der Waals surface area contributed by atoms with Crippen LogP contribution in [0.1, 0.15) is 43.0 Å². The molecule has 32 heavy (non-hydrogen) atoms. The molecule has 0 aliphatic carbocycles. The number of carbonyl (C=O) groups excluding carboxylic acids is 1. The van der Waals surface area contributed by atoms with Gasteiger partial charge in [0.25, 0.3) is 0 Å². The lowest BCUT2D eigenvalue weighted by atomic mass is 9.77. The molecular weight excluding hydrogens is 406 g/mol. The zero-order valence-electron chi connectivity index (χ0n) is 18.6. The molecule has 2 saturated heterocycles. The number of rotatable bonds is 6. The quantitative estimate of drug-likeness (QED) is 0.749. The molecule has 4 heterocycles. The van der Waals surface area contributed by atoms with Crippen molar-refractivity contribution in [3.8, 4) is 5.75 Å². The van der Waals surface area contributed by atoms with Crippen molar-refractivity contribution in [3.05, 3.63) is 47.4 Å². The molecule has 3 aliphatic rings. The van der Waals surface area contributed by atoms with E-state index in [0.717, 1.165) is 67.4 Å². The summed E-state index contributed by atoms with van der Waals surface area (Å²) in [5.74, 6) is 1.91. The van der Waals surface area contributed by atoms with Crippen molar-refractivity contribution in [2.75, 3.05) is 38.3 Å². The maximum atomic E-state index is 12.3. The monoisotopic (exact) mass is 435 g/mol. The highest BCUT2D eigenvalue weighted by atomic mass is 16.5. The number of methoxy groups -OCH3 is 1. The lowest BCUT2D eigenvalue weighted by molar-refractivity contribution is -0.128. The third-order valence-electron chi connectivity index (χ3n) is 6.79. The topological polar surface area (TPSA) is 88.9 Å². The first-order chi connectivity index (χ1) is 15.6. The first kappa shape index (κ1) is 20.9. The maximum absolute atomic E-state index is 12.3. The lowest BCUT2D eigenvalue weighted by Crippen LogP contribution is -2.44. The highest BCUT2D eigenvalue weighted by Gasteiger charge is 2.44. The number of carbonyl (C=O) groups is 1. The SMILES string of the molecule is COC[C@H](C)Oc1ccc2c(c1)C(c1cc(N3CCC4(CCNC4=O)CC3)ncn1)=NC2. The Balaban J connectivity index is 1.33. The molecule has 0 bridgehead atoms. The number of fused-ring (bicyclic) bond motifs is 1. The van der Waals surface area contributed by atoms with Crippen molar-refractivity contribution in [2.24, 2.45) is 10.4 Å². The second-order valence-electron chi connectivity index (χ2n) is 8.90. The summed E-state index contributed by atoms with van der Waals surface area (Å²) in [5, 5.41) is 3.00. The highest BCUT2D eigenvalue weighted by molar-refractivity contribution is 6.14. The molecule has 168 valence electrons. The number of hydrogen-bond donors (Lipinski definition) is 1. The molecule has 2 fully saturated rings. The van der Waals surface area contributed by atoms with Crippen LogP contribution in [0, 0.1) is 5.41 Å². The molecule has 1 aromatic heterocycles. The van der Waals surface area contributed by atoms with Crippen LogP contribution in [0.3, 0.4) is 0 Å². The minimum atomic E-state index is -0.183. The van der Waals surface area contributed by atoms with Crippen molar-refractivity contribution in [1.82, 2.24) is 15.3 Å². The van der Waals surface area contributed by atoms with Crippen LogP contribution in [-0.4, -0.2) is 61.0 Å². The molecule has 8 nitrogen and oxygen atoms in total. The fourth-order valence-electron chi connectivity index (χ4n) is 4.96. The molecular formula is C24H29N5O3. The number of nitrogens with one attached hydrogen (secondary N) is 1. The van der Waals surface area contributed by atoms with Gasteiger partial charge < -0.3 is 19.7 Å². The van der Waals surface area contributed by atoms with Gasteiger partial charge >= 0.3 is 0 Å². The summed E-state index contributed by atoms with van der Waals surface area (Å²) in [4.78, 5) is 28.3. The van der Waals surface area contributed by atoms with Crippen LogP contribution in [0.25, 0.3) is 0 Å². The van der Waals surface area contributed by atoms with E-state index in [4.69, 9.17) is 14.5 Å². The largest absolute Gasteiger partial charge is 0.488 e. The van der Waals surface area contributed by atoms with Crippen molar-refractivity contribution in [3.63, 3.8) is 0 Å². The molecule has 1 atom stereocenters. The first-order valence-corrected chi connectivity index (χ1v) is 11.3. The molecule has 0 radical (unpaired) electrons. The summed E-state index contributed by atoms with van der Waals surface area (Å²) in [6, 6.07) is 8.11. The van der Waals surface area contributed by atoms with Gasteiger partial charge in [-0.2, -0.15) is 0 Å². The van der Waals surface area contributed by atoms with E-state index >= 15 is 0 Å². The van der Waals surface area contributed by atoms with Gasteiger partial charge in [0.1, 0.15) is 24.0 Å². The van der Waals surface area contributed by atoms with E-state index in [-0.39, 0.29) is 17.4 Å². The van der Waals surface area contributed by atoms with E-state index in [1.165, 1.54) is 5.56 Å². The molecule has 3 aliphatic heterocycles. The first-order valence-electron chi connectivity index (χ1n) is 11.3. The zero-order valence-corrected chi connectivity index (χ0v) is 18.6. The van der Waals surface area contributed by atoms with Crippen molar-refractivity contribution >= 4 is 17.4 Å². The molecule has 0 unspecified atom stereocenters. The van der Waals surface area contributed by atoms with Crippen LogP contribution < -0.4 is 15.0 Å². The standard InChI is InChI=1S/C24H29N5O3/c1-16(14-31-2)32-18-4-3-17-13-26-22(19(17)11-18)20-12-21(28-15-27-20)29-9-6-24(7-10-29)5-8-25-23(24)30/h3-4,11-12,15-16H,5-10,13-14H2,1-2H3,(H,25,30)/t16-/m0/s1. The summed E-state index contributed by atoms with van der Waals surface area (Å²) < 4.78 is 11.2. The Morgan fingerprint density at radius 3 is 2.78 bits per heavy atom. The van der Waals surface area contributed by atoms with E-state index in [0.29, 0.717) is 13.2 Å². The fraction of sp³-hybridized carbons (Fsp3) is 0.500. The number of anilines is 1. The Morgan fingerprint density at radius 2 is 2.03 bits per heavy atom. The summed E-state index contributed by atoms with van der Waals surface area (Å²) in [5.41, 5.74) is 3.72. The third kappa shape index (κ3) is 3.83. The van der Waals surface area contributed by atoms with Crippen LogP contribution in [0.15, 0.2) is 35.6 Å². The Bertz CT molecular complexity index is 1050. The van der Waals surface area contributed by atoms with E-state index < -0.39 is 0 Å². The Hall–Kier alpha value is -3.00. The molecule has 8 heteroatoms. The molecule has 1 aromatic carbocycles. The predicted molar refractivity (Wildman–Crippen MR) is 121 cm³/mol. The zero-order chi connectivity index (χ0) is 22.1. The van der Waals surface area contributed by atoms with Crippen molar-refractivity contribution in [1.29, 1.82) is 0 Å². The fourth-order valence-corrected chi connectivity index (χ4v) is 4.96. The number of aliphatic imine (C=N–C) groups is 1. The van der Waals surface area contributed by atoms with Gasteiger partial charge in [0, 0.05) is 38.4 Å². The molecule has 5 rings (SSSR count). The van der Waals surface area contributed by atoms with Gasteiger partial charge in [-0.3, -0.25) is 9.79 Å². The lowest BCUT2D eigenvalue weighted by Gasteiger charge is -2.37. The van der Waals surface area contributed by atoms with E-state index in [1.54, 1.807) is 13.4 Å². The molecule has 0 saturated carbocycles. The normalized spacial score (nSPS) is 20.1. The Morgan fingerprint density at radius 1 is 1.19 bits per heavy atom. The Kier molecular flexibility index (Phi) is 5.55. The van der Waals surface area contributed by atoms with Gasteiger partial charge in [0.15, 0.2) is 0 Å². The van der Waals surface area contributed by atoms with Gasteiger partial charge in [-0.05, 0) is 43.9 Å². The summed E-state index contributed by atoms with van der Waals surface area (Å²) in [6.07, 6.45) is 4.24. The molecule has 2 aromatic rings. The summed E-state index contributed by atoms with van der Waals surface area (Å²) in [7, 11) is 1.67. The second kappa shape index (κ2) is 8.50. The second-order valence-corrected chi connectivity index (χ2v) is 8.90.